The number of phenols is 2. The van der Waals surface area contributed by atoms with Gasteiger partial charge in [0.15, 0.2) is 0 Å². The summed E-state index contributed by atoms with van der Waals surface area (Å²) in [6.07, 6.45) is 0. The second-order valence-electron chi connectivity index (χ2n) is 2.78. The molecule has 0 heterocycles. The quantitative estimate of drug-likeness (QED) is 0.506. The smallest absolute Gasteiger partial charge is 0.290 e. The minimum atomic E-state index is -0.250. The SMILES string of the molecule is O=CO.Oc1ccccc1.Oc1ccccc1.[Cd]. The molecule has 0 atom stereocenters. The van der Waals surface area contributed by atoms with Gasteiger partial charge in [-0.25, -0.2) is 0 Å². The predicted molar refractivity (Wildman–Crippen MR) is 64.9 cm³/mol. The van der Waals surface area contributed by atoms with Crippen LogP contribution in [-0.2, 0) is 32.1 Å². The molecule has 0 fully saturated rings. The van der Waals surface area contributed by atoms with E-state index in [1.54, 1.807) is 48.5 Å². The summed E-state index contributed by atoms with van der Waals surface area (Å²) in [7, 11) is 0. The van der Waals surface area contributed by atoms with Gasteiger partial charge < -0.3 is 15.3 Å². The molecule has 5 heteroatoms. The van der Waals surface area contributed by atoms with Crippen molar-refractivity contribution in [2.75, 3.05) is 0 Å². The molecular weight excluding hydrogens is 333 g/mol. The largest absolute Gasteiger partial charge is 0.508 e. The van der Waals surface area contributed by atoms with Crippen LogP contribution >= 0.6 is 0 Å². The Labute approximate surface area is 126 Å². The number of phenolic OH excluding ortho intramolecular Hbond substituents is 2. The maximum Gasteiger partial charge on any atom is 0.290 e. The number of carboxylic acid groups (broad SMARTS) is 1. The minimum Gasteiger partial charge on any atom is -0.508 e. The van der Waals surface area contributed by atoms with Crippen LogP contribution < -0.4 is 0 Å². The number of aromatic hydroxyl groups is 2. The van der Waals surface area contributed by atoms with Crippen LogP contribution in [0.25, 0.3) is 0 Å². The Kier molecular flexibility index (Phi) is 14.1. The zero-order valence-electron chi connectivity index (χ0n) is 9.81. The normalized spacial score (nSPS) is 7.33. The van der Waals surface area contributed by atoms with E-state index in [4.69, 9.17) is 20.1 Å². The van der Waals surface area contributed by atoms with E-state index in [-0.39, 0.29) is 33.8 Å². The Bertz CT molecular complexity index is 355. The van der Waals surface area contributed by atoms with Crippen molar-refractivity contribution < 1.29 is 47.4 Å². The third-order valence-electron chi connectivity index (χ3n) is 1.51. The predicted octanol–water partition coefficient (Wildman–Crippen LogP) is 2.48. The third kappa shape index (κ3) is 12.5. The number of rotatable bonds is 0. The summed E-state index contributed by atoms with van der Waals surface area (Å²) in [5.41, 5.74) is 0. The molecule has 0 aliphatic carbocycles. The molecule has 0 aromatic heterocycles. The molecule has 0 unspecified atom stereocenters. The van der Waals surface area contributed by atoms with Gasteiger partial charge in [-0.05, 0) is 24.3 Å². The zero-order chi connectivity index (χ0) is 12.9. The van der Waals surface area contributed by atoms with Crippen LogP contribution in [0.2, 0.25) is 0 Å². The summed E-state index contributed by atoms with van der Waals surface area (Å²) >= 11 is 0. The van der Waals surface area contributed by atoms with Crippen LogP contribution in [-0.4, -0.2) is 21.8 Å². The molecule has 18 heavy (non-hydrogen) atoms. The van der Waals surface area contributed by atoms with Gasteiger partial charge in [-0.2, -0.15) is 0 Å². The first kappa shape index (κ1) is 18.8. The van der Waals surface area contributed by atoms with Crippen LogP contribution in [0, 0.1) is 0 Å². The van der Waals surface area contributed by atoms with Gasteiger partial charge in [-0.3, -0.25) is 4.79 Å². The van der Waals surface area contributed by atoms with E-state index in [0.29, 0.717) is 11.5 Å². The maximum absolute atomic E-state index is 8.63. The van der Waals surface area contributed by atoms with Crippen molar-refractivity contribution in [1.29, 1.82) is 0 Å². The average molecular weight is 347 g/mol. The van der Waals surface area contributed by atoms with Gasteiger partial charge in [0.25, 0.3) is 6.47 Å². The van der Waals surface area contributed by atoms with Crippen molar-refractivity contribution in [3.8, 4) is 11.5 Å². The Morgan fingerprint density at radius 1 is 0.722 bits per heavy atom. The number of carbonyl (C=O) groups is 1. The fourth-order valence-corrected chi connectivity index (χ4v) is 0.856. The van der Waals surface area contributed by atoms with E-state index in [2.05, 4.69) is 0 Å². The molecule has 0 aliphatic heterocycles. The summed E-state index contributed by atoms with van der Waals surface area (Å²) in [5.74, 6) is 0.644. The number of hydrogen-bond donors (Lipinski definition) is 3. The molecule has 0 radical (unpaired) electrons. The fraction of sp³-hybridized carbons (Fsp3) is 0. The van der Waals surface area contributed by atoms with E-state index < -0.39 is 0 Å². The molecule has 92 valence electrons. The van der Waals surface area contributed by atoms with Crippen LogP contribution in [0.1, 0.15) is 0 Å². The van der Waals surface area contributed by atoms with E-state index >= 15 is 0 Å². The topological polar surface area (TPSA) is 77.8 Å². The van der Waals surface area contributed by atoms with Crippen molar-refractivity contribution in [3.05, 3.63) is 60.7 Å². The van der Waals surface area contributed by atoms with E-state index in [1.807, 2.05) is 12.1 Å². The summed E-state index contributed by atoms with van der Waals surface area (Å²) in [4.78, 5) is 8.36. The fourth-order valence-electron chi connectivity index (χ4n) is 0.856. The van der Waals surface area contributed by atoms with Crippen molar-refractivity contribution in [2.45, 2.75) is 0 Å². The standard InChI is InChI=1S/2C6H6O.CH2O2.Cd/c2*7-6-4-2-1-3-5-6;2-1-3;/h2*1-5,7H;1H,(H,2,3);. The average Bonchev–Trinajstić information content (AvgIpc) is 2.33. The molecule has 0 spiro atoms. The molecule has 0 bridgehead atoms. The maximum atomic E-state index is 8.63. The van der Waals surface area contributed by atoms with E-state index in [9.17, 15) is 0 Å². The van der Waals surface area contributed by atoms with Gasteiger partial charge in [0.05, 0.1) is 0 Å². The molecule has 2 aromatic carbocycles. The molecule has 3 N–H and O–H groups in total. The Morgan fingerprint density at radius 3 is 1.06 bits per heavy atom. The molecule has 4 nitrogen and oxygen atoms in total. The van der Waals surface area contributed by atoms with E-state index in [1.165, 1.54) is 0 Å². The second kappa shape index (κ2) is 13.5. The zero-order valence-corrected chi connectivity index (χ0v) is 13.8. The monoisotopic (exact) mass is 348 g/mol. The molecule has 2 aromatic rings. The van der Waals surface area contributed by atoms with Crippen LogP contribution in [0.4, 0.5) is 0 Å². The first-order valence-electron chi connectivity index (χ1n) is 4.76. The Hall–Kier alpha value is -1.57. The van der Waals surface area contributed by atoms with Gasteiger partial charge in [0.2, 0.25) is 0 Å². The molecule has 0 aliphatic rings. The van der Waals surface area contributed by atoms with Gasteiger partial charge in [-0.1, -0.05) is 36.4 Å². The minimum absolute atomic E-state index is 0. The van der Waals surface area contributed by atoms with Crippen LogP contribution in [0.3, 0.4) is 0 Å². The molecular formula is C13H14CdO4. The van der Waals surface area contributed by atoms with Crippen molar-refractivity contribution in [1.82, 2.24) is 0 Å². The number of hydrogen-bond acceptors (Lipinski definition) is 3. The first-order chi connectivity index (χ1) is 8.20. The number of benzene rings is 2. The number of para-hydroxylation sites is 2. The summed E-state index contributed by atoms with van der Waals surface area (Å²) < 4.78 is 0. The van der Waals surface area contributed by atoms with E-state index in [0.717, 1.165) is 0 Å². The molecule has 2 rings (SSSR count). The van der Waals surface area contributed by atoms with Crippen molar-refractivity contribution >= 4 is 6.47 Å². The Balaban J connectivity index is 0. The first-order valence-corrected chi connectivity index (χ1v) is 4.76. The van der Waals surface area contributed by atoms with Crippen LogP contribution in [0.15, 0.2) is 60.7 Å². The van der Waals surface area contributed by atoms with Gasteiger partial charge in [-0.15, -0.1) is 0 Å². The van der Waals surface area contributed by atoms with Gasteiger partial charge in [0.1, 0.15) is 11.5 Å². The van der Waals surface area contributed by atoms with Gasteiger partial charge >= 0.3 is 0 Å². The molecule has 0 amide bonds. The van der Waals surface area contributed by atoms with Gasteiger partial charge in [0, 0.05) is 27.3 Å². The second-order valence-corrected chi connectivity index (χ2v) is 2.78. The third-order valence-corrected chi connectivity index (χ3v) is 1.51. The summed E-state index contributed by atoms with van der Waals surface area (Å²) in [6.45, 7) is -0.250. The van der Waals surface area contributed by atoms with Crippen molar-refractivity contribution in [3.63, 3.8) is 0 Å². The molecule has 0 saturated carbocycles. The van der Waals surface area contributed by atoms with Crippen molar-refractivity contribution in [2.24, 2.45) is 0 Å². The summed E-state index contributed by atoms with van der Waals surface area (Å²) in [5, 5.41) is 24.2. The summed E-state index contributed by atoms with van der Waals surface area (Å²) in [6, 6.07) is 17.4. The van der Waals surface area contributed by atoms with Crippen LogP contribution in [0.5, 0.6) is 11.5 Å². The Morgan fingerprint density at radius 2 is 0.944 bits per heavy atom. The molecule has 0 saturated heterocycles.